The highest BCUT2D eigenvalue weighted by Gasteiger charge is 2.34. The number of amides is 1. The van der Waals surface area contributed by atoms with E-state index in [9.17, 15) is 9.18 Å². The fourth-order valence-corrected chi connectivity index (χ4v) is 2.85. The zero-order chi connectivity index (χ0) is 16.9. The highest BCUT2D eigenvalue weighted by molar-refractivity contribution is 5.80. The molecule has 2 unspecified atom stereocenters. The van der Waals surface area contributed by atoms with E-state index in [1.807, 2.05) is 24.3 Å². The van der Waals surface area contributed by atoms with Crippen LogP contribution in [0.3, 0.4) is 0 Å². The molecule has 1 fully saturated rings. The standard InChI is InChI=1S/C18H20FN3O2/c1-24-14-7-4-6-12(9-14)17-15(11-21-22-17)18(23)20-10-13-5-2-3-8-16(13)19/h2-9,15,17,21-22H,10-11H2,1H3,(H,20,23). The van der Waals surface area contributed by atoms with Crippen LogP contribution in [0.5, 0.6) is 5.75 Å². The Morgan fingerprint density at radius 2 is 2.12 bits per heavy atom. The van der Waals surface area contributed by atoms with Crippen LogP contribution in [0.2, 0.25) is 0 Å². The number of hydrazine groups is 1. The van der Waals surface area contributed by atoms with E-state index in [0.29, 0.717) is 12.1 Å². The summed E-state index contributed by atoms with van der Waals surface area (Å²) in [6.07, 6.45) is 0. The van der Waals surface area contributed by atoms with E-state index >= 15 is 0 Å². The monoisotopic (exact) mass is 329 g/mol. The number of carbonyl (C=O) groups excluding carboxylic acids is 1. The molecule has 1 aliphatic rings. The lowest BCUT2D eigenvalue weighted by molar-refractivity contribution is -0.125. The van der Waals surface area contributed by atoms with Crippen molar-refractivity contribution in [1.82, 2.24) is 16.2 Å². The molecule has 1 saturated heterocycles. The number of hydrogen-bond acceptors (Lipinski definition) is 4. The third kappa shape index (κ3) is 3.55. The molecule has 2 aromatic carbocycles. The number of carbonyl (C=O) groups is 1. The van der Waals surface area contributed by atoms with Gasteiger partial charge in [0.15, 0.2) is 0 Å². The molecular weight excluding hydrogens is 309 g/mol. The predicted octanol–water partition coefficient (Wildman–Crippen LogP) is 1.92. The van der Waals surface area contributed by atoms with Gasteiger partial charge in [0.1, 0.15) is 11.6 Å². The number of nitrogens with one attached hydrogen (secondary N) is 3. The van der Waals surface area contributed by atoms with Crippen LogP contribution in [0, 0.1) is 11.7 Å². The van der Waals surface area contributed by atoms with Crippen molar-refractivity contribution in [3.63, 3.8) is 0 Å². The molecule has 0 aliphatic carbocycles. The minimum Gasteiger partial charge on any atom is -0.497 e. The Kier molecular flexibility index (Phi) is 5.08. The van der Waals surface area contributed by atoms with Gasteiger partial charge in [0.05, 0.1) is 19.1 Å². The molecule has 1 amide bonds. The fraction of sp³-hybridized carbons (Fsp3) is 0.278. The molecule has 0 radical (unpaired) electrons. The Hall–Kier alpha value is -2.44. The molecule has 3 rings (SSSR count). The van der Waals surface area contributed by atoms with Crippen molar-refractivity contribution in [1.29, 1.82) is 0 Å². The summed E-state index contributed by atoms with van der Waals surface area (Å²) in [5.41, 5.74) is 7.59. The van der Waals surface area contributed by atoms with E-state index in [1.165, 1.54) is 6.07 Å². The Labute approximate surface area is 140 Å². The fourth-order valence-electron chi connectivity index (χ4n) is 2.85. The molecule has 0 saturated carbocycles. The average Bonchev–Trinajstić information content (AvgIpc) is 3.11. The number of halogens is 1. The molecule has 0 spiro atoms. The molecule has 0 bridgehead atoms. The zero-order valence-corrected chi connectivity index (χ0v) is 13.4. The number of benzene rings is 2. The maximum Gasteiger partial charge on any atom is 0.226 e. The molecule has 0 aromatic heterocycles. The summed E-state index contributed by atoms with van der Waals surface area (Å²) in [5.74, 6) is 0.0176. The molecule has 126 valence electrons. The van der Waals surface area contributed by atoms with E-state index in [2.05, 4.69) is 16.2 Å². The Morgan fingerprint density at radius 3 is 2.92 bits per heavy atom. The third-order valence-corrected chi connectivity index (χ3v) is 4.18. The Bertz CT molecular complexity index is 723. The van der Waals surface area contributed by atoms with Gasteiger partial charge in [-0.05, 0) is 23.8 Å². The van der Waals surface area contributed by atoms with Gasteiger partial charge < -0.3 is 10.1 Å². The largest absolute Gasteiger partial charge is 0.497 e. The van der Waals surface area contributed by atoms with Gasteiger partial charge in [-0.1, -0.05) is 30.3 Å². The van der Waals surface area contributed by atoms with Crippen LogP contribution in [-0.4, -0.2) is 19.6 Å². The lowest BCUT2D eigenvalue weighted by Gasteiger charge is -2.19. The summed E-state index contributed by atoms with van der Waals surface area (Å²) in [6, 6.07) is 13.9. The lowest BCUT2D eigenvalue weighted by Crippen LogP contribution is -2.34. The zero-order valence-electron chi connectivity index (χ0n) is 13.4. The first kappa shape index (κ1) is 16.4. The number of methoxy groups -OCH3 is 1. The first-order valence-electron chi connectivity index (χ1n) is 7.82. The highest BCUT2D eigenvalue weighted by Crippen LogP contribution is 2.27. The van der Waals surface area contributed by atoms with Crippen molar-refractivity contribution in [3.05, 3.63) is 65.5 Å². The summed E-state index contributed by atoms with van der Waals surface area (Å²) in [5, 5.41) is 2.82. The van der Waals surface area contributed by atoms with Gasteiger partial charge >= 0.3 is 0 Å². The van der Waals surface area contributed by atoms with E-state index in [-0.39, 0.29) is 30.2 Å². The second-order valence-electron chi connectivity index (χ2n) is 5.70. The van der Waals surface area contributed by atoms with Crippen molar-refractivity contribution in [3.8, 4) is 5.75 Å². The number of rotatable bonds is 5. The molecule has 2 aromatic rings. The molecule has 3 N–H and O–H groups in total. The molecule has 1 heterocycles. The quantitative estimate of drug-likeness (QED) is 0.784. The van der Waals surface area contributed by atoms with E-state index in [0.717, 1.165) is 11.3 Å². The van der Waals surface area contributed by atoms with E-state index in [1.54, 1.807) is 25.3 Å². The molecule has 24 heavy (non-hydrogen) atoms. The number of ether oxygens (including phenoxy) is 1. The van der Waals surface area contributed by atoms with Crippen molar-refractivity contribution in [2.45, 2.75) is 12.6 Å². The summed E-state index contributed by atoms with van der Waals surface area (Å²) >= 11 is 0. The molecule has 6 heteroatoms. The molecule has 2 atom stereocenters. The normalized spacial score (nSPS) is 19.9. The van der Waals surface area contributed by atoms with Gasteiger partial charge in [-0.3, -0.25) is 10.2 Å². The maximum atomic E-state index is 13.7. The maximum absolute atomic E-state index is 13.7. The average molecular weight is 329 g/mol. The summed E-state index contributed by atoms with van der Waals surface area (Å²) in [6.45, 7) is 0.678. The predicted molar refractivity (Wildman–Crippen MR) is 88.6 cm³/mol. The van der Waals surface area contributed by atoms with Crippen LogP contribution in [0.1, 0.15) is 17.2 Å². The van der Waals surface area contributed by atoms with Crippen LogP contribution in [0.25, 0.3) is 0 Å². The summed E-state index contributed by atoms with van der Waals surface area (Å²) in [7, 11) is 1.61. The van der Waals surface area contributed by atoms with E-state index in [4.69, 9.17) is 4.74 Å². The highest BCUT2D eigenvalue weighted by atomic mass is 19.1. The molecular formula is C18H20FN3O2. The first-order valence-corrected chi connectivity index (χ1v) is 7.82. The summed E-state index contributed by atoms with van der Waals surface area (Å²) < 4.78 is 18.9. The third-order valence-electron chi connectivity index (χ3n) is 4.18. The van der Waals surface area contributed by atoms with Crippen LogP contribution in [-0.2, 0) is 11.3 Å². The topological polar surface area (TPSA) is 62.4 Å². The first-order chi connectivity index (χ1) is 11.7. The van der Waals surface area contributed by atoms with Crippen LogP contribution in [0.4, 0.5) is 4.39 Å². The lowest BCUT2D eigenvalue weighted by atomic mass is 9.94. The van der Waals surface area contributed by atoms with Crippen LogP contribution < -0.4 is 20.9 Å². The number of hydrogen-bond donors (Lipinski definition) is 3. The molecule has 5 nitrogen and oxygen atoms in total. The van der Waals surface area contributed by atoms with E-state index < -0.39 is 0 Å². The van der Waals surface area contributed by atoms with Gasteiger partial charge in [-0.2, -0.15) is 0 Å². The molecule has 1 aliphatic heterocycles. The van der Waals surface area contributed by atoms with Gasteiger partial charge in [-0.25, -0.2) is 9.82 Å². The van der Waals surface area contributed by atoms with Gasteiger partial charge in [0.2, 0.25) is 5.91 Å². The smallest absolute Gasteiger partial charge is 0.226 e. The van der Waals surface area contributed by atoms with Gasteiger partial charge in [0, 0.05) is 18.7 Å². The van der Waals surface area contributed by atoms with Crippen molar-refractivity contribution in [2.75, 3.05) is 13.7 Å². The Balaban J connectivity index is 1.68. The van der Waals surface area contributed by atoms with Crippen molar-refractivity contribution >= 4 is 5.91 Å². The SMILES string of the molecule is COc1cccc(C2NNCC2C(=O)NCc2ccccc2F)c1. The van der Waals surface area contributed by atoms with Crippen LogP contribution in [0.15, 0.2) is 48.5 Å². The van der Waals surface area contributed by atoms with Crippen molar-refractivity contribution < 1.29 is 13.9 Å². The van der Waals surface area contributed by atoms with Crippen molar-refractivity contribution in [2.24, 2.45) is 5.92 Å². The van der Waals surface area contributed by atoms with Gasteiger partial charge in [0.25, 0.3) is 0 Å². The Morgan fingerprint density at radius 1 is 1.29 bits per heavy atom. The van der Waals surface area contributed by atoms with Gasteiger partial charge in [-0.15, -0.1) is 0 Å². The summed E-state index contributed by atoms with van der Waals surface area (Å²) in [4.78, 5) is 12.5. The second-order valence-corrected chi connectivity index (χ2v) is 5.70. The second kappa shape index (κ2) is 7.42. The van der Waals surface area contributed by atoms with Crippen LogP contribution >= 0.6 is 0 Å². The minimum atomic E-state index is -0.315. The minimum absolute atomic E-state index is 0.122.